The van der Waals surface area contributed by atoms with E-state index in [2.05, 4.69) is 39.3 Å². The van der Waals surface area contributed by atoms with Gasteiger partial charge in [-0.25, -0.2) is 0 Å². The van der Waals surface area contributed by atoms with Gasteiger partial charge in [0.25, 0.3) is 5.91 Å². The summed E-state index contributed by atoms with van der Waals surface area (Å²) in [7, 11) is 0. The van der Waals surface area contributed by atoms with Crippen LogP contribution in [0.3, 0.4) is 0 Å². The highest BCUT2D eigenvalue weighted by molar-refractivity contribution is 14.1. The average Bonchev–Trinajstić information content (AvgIpc) is 2.56. The number of nitrogens with zero attached hydrogens (tertiary/aromatic N) is 2. The van der Waals surface area contributed by atoms with Gasteiger partial charge in [-0.05, 0) is 91.4 Å². The van der Waals surface area contributed by atoms with E-state index in [1.54, 1.807) is 0 Å². The molecule has 0 aliphatic carbocycles. The summed E-state index contributed by atoms with van der Waals surface area (Å²) in [6.45, 7) is 7.85. The van der Waals surface area contributed by atoms with E-state index in [1.165, 1.54) is 38.9 Å². The maximum atomic E-state index is 12.7. The van der Waals surface area contributed by atoms with Crippen molar-refractivity contribution < 1.29 is 4.79 Å². The Morgan fingerprint density at radius 3 is 2.74 bits per heavy atom. The number of likely N-dealkylation sites (tertiary alicyclic amines) is 2. The van der Waals surface area contributed by atoms with Crippen molar-refractivity contribution in [2.75, 3.05) is 32.7 Å². The minimum atomic E-state index is 0.209. The Bertz CT molecular complexity index is 540. The third-order valence-corrected chi connectivity index (χ3v) is 5.94. The Kier molecular flexibility index (Phi) is 5.96. The summed E-state index contributed by atoms with van der Waals surface area (Å²) in [5, 5.41) is 0. The number of hydrogen-bond acceptors (Lipinski definition) is 2. The number of benzene rings is 1. The number of amides is 1. The Hall–Kier alpha value is -0.620. The van der Waals surface area contributed by atoms with E-state index >= 15 is 0 Å². The summed E-state index contributed by atoms with van der Waals surface area (Å²) < 4.78 is 1.13. The van der Waals surface area contributed by atoms with Gasteiger partial charge in [-0.15, -0.1) is 0 Å². The zero-order chi connectivity index (χ0) is 16.2. The number of carbonyl (C=O) groups excluding carboxylic acids is 1. The van der Waals surface area contributed by atoms with Crippen molar-refractivity contribution in [2.24, 2.45) is 11.8 Å². The lowest BCUT2D eigenvalue weighted by Gasteiger charge is -2.38. The zero-order valence-electron chi connectivity index (χ0n) is 14.0. The first-order chi connectivity index (χ1) is 11.1. The van der Waals surface area contributed by atoms with Gasteiger partial charge in [0.2, 0.25) is 0 Å². The van der Waals surface area contributed by atoms with Crippen LogP contribution in [0.2, 0.25) is 0 Å². The predicted molar refractivity (Wildman–Crippen MR) is 103 cm³/mol. The number of carbonyl (C=O) groups is 1. The van der Waals surface area contributed by atoms with Gasteiger partial charge < -0.3 is 9.80 Å². The van der Waals surface area contributed by atoms with Gasteiger partial charge in [-0.3, -0.25) is 4.79 Å². The van der Waals surface area contributed by atoms with Crippen molar-refractivity contribution in [3.8, 4) is 0 Å². The highest BCUT2D eigenvalue weighted by Crippen LogP contribution is 2.23. The zero-order valence-corrected chi connectivity index (χ0v) is 16.2. The molecule has 2 saturated heterocycles. The van der Waals surface area contributed by atoms with Crippen LogP contribution in [-0.2, 0) is 0 Å². The molecule has 126 valence electrons. The molecule has 1 amide bonds. The normalized spacial score (nSPS) is 23.9. The average molecular weight is 426 g/mol. The van der Waals surface area contributed by atoms with Crippen LogP contribution in [0.4, 0.5) is 0 Å². The maximum Gasteiger partial charge on any atom is 0.253 e. The van der Waals surface area contributed by atoms with Crippen LogP contribution in [-0.4, -0.2) is 48.4 Å². The van der Waals surface area contributed by atoms with E-state index in [9.17, 15) is 4.79 Å². The first-order valence-corrected chi connectivity index (χ1v) is 9.97. The van der Waals surface area contributed by atoms with Crippen LogP contribution in [0, 0.1) is 15.4 Å². The molecule has 2 heterocycles. The van der Waals surface area contributed by atoms with Crippen molar-refractivity contribution in [1.29, 1.82) is 0 Å². The van der Waals surface area contributed by atoms with Crippen LogP contribution >= 0.6 is 22.6 Å². The number of piperidine rings is 2. The predicted octanol–water partition coefficient (Wildman–Crippen LogP) is 3.88. The molecule has 0 N–H and O–H groups in total. The van der Waals surface area contributed by atoms with Crippen molar-refractivity contribution in [1.82, 2.24) is 9.80 Å². The van der Waals surface area contributed by atoms with Crippen LogP contribution in [0.1, 0.15) is 43.0 Å². The molecule has 0 spiro atoms. The smallest absolute Gasteiger partial charge is 0.253 e. The fourth-order valence-electron chi connectivity index (χ4n) is 3.81. The minimum Gasteiger partial charge on any atom is -0.338 e. The Labute approximate surface area is 153 Å². The van der Waals surface area contributed by atoms with Crippen molar-refractivity contribution >= 4 is 28.5 Å². The molecule has 0 bridgehead atoms. The van der Waals surface area contributed by atoms with Crippen LogP contribution < -0.4 is 0 Å². The molecular weight excluding hydrogens is 399 g/mol. The van der Waals surface area contributed by atoms with Gasteiger partial charge in [-0.1, -0.05) is 13.0 Å². The summed E-state index contributed by atoms with van der Waals surface area (Å²) in [6.07, 6.45) is 5.07. The molecule has 1 unspecified atom stereocenters. The molecule has 23 heavy (non-hydrogen) atoms. The molecule has 2 fully saturated rings. The molecule has 3 rings (SSSR count). The molecular formula is C19H27IN2O. The summed E-state index contributed by atoms with van der Waals surface area (Å²) in [5.74, 6) is 1.74. The number of hydrogen-bond donors (Lipinski definition) is 0. The summed E-state index contributed by atoms with van der Waals surface area (Å²) in [6, 6.07) is 7.96. The molecule has 1 atom stereocenters. The molecule has 3 nitrogen and oxygen atoms in total. The second kappa shape index (κ2) is 7.97. The van der Waals surface area contributed by atoms with Crippen molar-refractivity contribution in [3.63, 3.8) is 0 Å². The van der Waals surface area contributed by atoms with Crippen molar-refractivity contribution in [3.05, 3.63) is 33.4 Å². The fraction of sp³-hybridized carbons (Fsp3) is 0.632. The topological polar surface area (TPSA) is 23.6 Å². The van der Waals surface area contributed by atoms with E-state index in [1.807, 2.05) is 24.3 Å². The molecule has 2 aliphatic rings. The quantitative estimate of drug-likeness (QED) is 0.686. The van der Waals surface area contributed by atoms with Gasteiger partial charge in [0.05, 0.1) is 0 Å². The molecule has 1 aromatic rings. The van der Waals surface area contributed by atoms with E-state index in [4.69, 9.17) is 0 Å². The first-order valence-electron chi connectivity index (χ1n) is 8.89. The Morgan fingerprint density at radius 2 is 2.00 bits per heavy atom. The van der Waals surface area contributed by atoms with E-state index in [0.717, 1.165) is 34.6 Å². The second-order valence-corrected chi connectivity index (χ2v) is 8.50. The first kappa shape index (κ1) is 17.2. The molecule has 4 heteroatoms. The molecule has 2 aliphatic heterocycles. The lowest BCUT2D eigenvalue weighted by molar-refractivity contribution is 0.0622. The third-order valence-electron chi connectivity index (χ3n) is 5.27. The highest BCUT2D eigenvalue weighted by Gasteiger charge is 2.27. The van der Waals surface area contributed by atoms with Gasteiger partial charge in [0, 0.05) is 28.8 Å². The second-order valence-electron chi connectivity index (χ2n) is 7.25. The molecule has 0 saturated carbocycles. The highest BCUT2D eigenvalue weighted by atomic mass is 127. The maximum absolute atomic E-state index is 12.7. The van der Waals surface area contributed by atoms with Gasteiger partial charge in [-0.2, -0.15) is 0 Å². The fourth-order valence-corrected chi connectivity index (χ4v) is 4.36. The molecule has 0 radical (unpaired) electrons. The SMILES string of the molecule is CC1CCN(CC2CCCN(C(=O)c3cccc(I)c3)C2)CC1. The van der Waals surface area contributed by atoms with Gasteiger partial charge in [0.1, 0.15) is 0 Å². The Balaban J connectivity index is 1.56. The summed E-state index contributed by atoms with van der Waals surface area (Å²) in [5.41, 5.74) is 0.837. The van der Waals surface area contributed by atoms with E-state index in [0.29, 0.717) is 5.92 Å². The van der Waals surface area contributed by atoms with Gasteiger partial charge in [0.15, 0.2) is 0 Å². The number of halogens is 1. The minimum absolute atomic E-state index is 0.209. The lowest BCUT2D eigenvalue weighted by atomic mass is 9.94. The van der Waals surface area contributed by atoms with Gasteiger partial charge >= 0.3 is 0 Å². The molecule has 0 aromatic heterocycles. The van der Waals surface area contributed by atoms with Crippen LogP contribution in [0.15, 0.2) is 24.3 Å². The third kappa shape index (κ3) is 4.69. The lowest BCUT2D eigenvalue weighted by Crippen LogP contribution is -2.45. The largest absolute Gasteiger partial charge is 0.338 e. The monoisotopic (exact) mass is 426 g/mol. The number of rotatable bonds is 3. The van der Waals surface area contributed by atoms with Crippen LogP contribution in [0.25, 0.3) is 0 Å². The van der Waals surface area contributed by atoms with Crippen molar-refractivity contribution in [2.45, 2.75) is 32.6 Å². The standard InChI is InChI=1S/C19H27IN2O/c1-15-7-10-21(11-8-15)13-16-4-3-9-22(14-16)19(23)17-5-2-6-18(20)12-17/h2,5-6,12,15-16H,3-4,7-11,13-14H2,1H3. The Morgan fingerprint density at radius 1 is 1.22 bits per heavy atom. The summed E-state index contributed by atoms with van der Waals surface area (Å²) in [4.78, 5) is 17.4. The summed E-state index contributed by atoms with van der Waals surface area (Å²) >= 11 is 2.27. The van der Waals surface area contributed by atoms with Crippen LogP contribution in [0.5, 0.6) is 0 Å². The van der Waals surface area contributed by atoms with E-state index < -0.39 is 0 Å². The van der Waals surface area contributed by atoms with E-state index in [-0.39, 0.29) is 5.91 Å². The molecule has 1 aromatic carbocycles.